The molecule has 0 unspecified atom stereocenters. The largest absolute Gasteiger partial charge is 0.368 e. The highest BCUT2D eigenvalue weighted by Crippen LogP contribution is 2.17. The summed E-state index contributed by atoms with van der Waals surface area (Å²) in [5.74, 6) is 0.828. The molecule has 0 radical (unpaired) electrons. The maximum Gasteiger partial charge on any atom is 0.255 e. The van der Waals surface area contributed by atoms with Gasteiger partial charge in [0, 0.05) is 44.6 Å². The Labute approximate surface area is 172 Å². The number of pyridine rings is 1. The summed E-state index contributed by atoms with van der Waals surface area (Å²) in [4.78, 5) is 21.5. The van der Waals surface area contributed by atoms with Gasteiger partial charge in [0.2, 0.25) is 0 Å². The highest BCUT2D eigenvalue weighted by molar-refractivity contribution is 5.94. The fourth-order valence-electron chi connectivity index (χ4n) is 3.61. The first kappa shape index (κ1) is 19.0. The number of aryl methyl sites for hydroxylation is 1. The van der Waals surface area contributed by atoms with Gasteiger partial charge < -0.3 is 15.1 Å². The van der Waals surface area contributed by atoms with Crippen LogP contribution in [-0.4, -0.2) is 42.0 Å². The highest BCUT2D eigenvalue weighted by Gasteiger charge is 2.22. The molecule has 1 aromatic heterocycles. The number of anilines is 2. The quantitative estimate of drug-likeness (QED) is 0.721. The molecule has 29 heavy (non-hydrogen) atoms. The first-order valence-electron chi connectivity index (χ1n) is 10.0. The molecule has 0 atom stereocenters. The number of hydrogen-bond donors (Lipinski definition) is 1. The number of para-hydroxylation sites is 1. The second-order valence-electron chi connectivity index (χ2n) is 7.33. The molecule has 1 saturated heterocycles. The molecule has 4 rings (SSSR count). The van der Waals surface area contributed by atoms with Gasteiger partial charge in [-0.15, -0.1) is 0 Å². The molecule has 5 nitrogen and oxygen atoms in total. The molecule has 3 aromatic rings. The molecular weight excluding hydrogens is 360 g/mol. The lowest BCUT2D eigenvalue weighted by Crippen LogP contribution is -2.48. The number of rotatable bonds is 5. The minimum atomic E-state index is 0.0515. The van der Waals surface area contributed by atoms with Gasteiger partial charge in [-0.1, -0.05) is 42.5 Å². The fourth-order valence-corrected chi connectivity index (χ4v) is 3.61. The van der Waals surface area contributed by atoms with Gasteiger partial charge >= 0.3 is 0 Å². The predicted octanol–water partition coefficient (Wildman–Crippen LogP) is 3.96. The molecule has 148 valence electrons. The summed E-state index contributed by atoms with van der Waals surface area (Å²) in [5, 5.41) is 3.33. The molecule has 0 saturated carbocycles. The molecule has 1 aliphatic heterocycles. The van der Waals surface area contributed by atoms with Crippen molar-refractivity contribution in [2.75, 3.05) is 36.4 Å². The van der Waals surface area contributed by atoms with Crippen LogP contribution in [0.5, 0.6) is 0 Å². The lowest BCUT2D eigenvalue weighted by atomic mass is 10.1. The number of nitrogens with one attached hydrogen (secondary N) is 1. The number of nitrogens with zero attached hydrogens (tertiary/aromatic N) is 3. The van der Waals surface area contributed by atoms with Crippen molar-refractivity contribution in [2.45, 2.75) is 13.5 Å². The smallest absolute Gasteiger partial charge is 0.255 e. The third-order valence-electron chi connectivity index (χ3n) is 5.42. The first-order valence-corrected chi connectivity index (χ1v) is 10.0. The summed E-state index contributed by atoms with van der Waals surface area (Å²) < 4.78 is 0. The number of hydrogen-bond acceptors (Lipinski definition) is 4. The highest BCUT2D eigenvalue weighted by atomic mass is 16.2. The van der Waals surface area contributed by atoms with Crippen LogP contribution in [0.1, 0.15) is 21.5 Å². The first-order chi connectivity index (χ1) is 14.2. The van der Waals surface area contributed by atoms with Crippen molar-refractivity contribution in [1.82, 2.24) is 9.88 Å². The molecule has 1 amide bonds. The number of benzene rings is 2. The molecular formula is C24H26N4O. The van der Waals surface area contributed by atoms with Crippen molar-refractivity contribution in [1.29, 1.82) is 0 Å². The number of carbonyl (C=O) groups excluding carboxylic acids is 1. The fraction of sp³-hybridized carbons (Fsp3) is 0.250. The van der Waals surface area contributed by atoms with E-state index in [-0.39, 0.29) is 5.91 Å². The lowest BCUT2D eigenvalue weighted by molar-refractivity contribution is 0.0746. The van der Waals surface area contributed by atoms with Gasteiger partial charge in [-0.3, -0.25) is 4.79 Å². The Kier molecular flexibility index (Phi) is 5.75. The van der Waals surface area contributed by atoms with Crippen LogP contribution in [0.2, 0.25) is 0 Å². The van der Waals surface area contributed by atoms with Gasteiger partial charge in [-0.05, 0) is 42.3 Å². The van der Waals surface area contributed by atoms with Crippen molar-refractivity contribution in [2.24, 2.45) is 0 Å². The van der Waals surface area contributed by atoms with E-state index in [0.717, 1.165) is 32.0 Å². The number of piperazine rings is 1. The zero-order valence-corrected chi connectivity index (χ0v) is 16.7. The van der Waals surface area contributed by atoms with Gasteiger partial charge in [0.05, 0.1) is 5.56 Å². The monoisotopic (exact) mass is 386 g/mol. The van der Waals surface area contributed by atoms with Crippen molar-refractivity contribution < 1.29 is 4.79 Å². The Balaban J connectivity index is 1.32. The van der Waals surface area contributed by atoms with Gasteiger partial charge in [-0.25, -0.2) is 4.98 Å². The predicted molar refractivity (Wildman–Crippen MR) is 117 cm³/mol. The third kappa shape index (κ3) is 4.57. The lowest BCUT2D eigenvalue weighted by Gasteiger charge is -2.36. The minimum absolute atomic E-state index is 0.0515. The maximum atomic E-state index is 12.8. The van der Waals surface area contributed by atoms with Crippen LogP contribution in [0, 0.1) is 6.92 Å². The standard InChI is InChI=1S/C24H26N4O/c1-19-7-5-6-8-20(19)17-25-23-12-11-21(18-26-23)24(29)28-15-13-27(14-16-28)22-9-3-2-4-10-22/h2-12,18H,13-17H2,1H3,(H,25,26). The van der Waals surface area contributed by atoms with Crippen LogP contribution in [0.15, 0.2) is 72.9 Å². The summed E-state index contributed by atoms with van der Waals surface area (Å²) in [6, 6.07) is 22.4. The van der Waals surface area contributed by atoms with Crippen LogP contribution >= 0.6 is 0 Å². The maximum absolute atomic E-state index is 12.8. The van der Waals surface area contributed by atoms with Crippen LogP contribution in [0.3, 0.4) is 0 Å². The Morgan fingerprint density at radius 1 is 0.931 bits per heavy atom. The molecule has 0 aliphatic carbocycles. The van der Waals surface area contributed by atoms with E-state index >= 15 is 0 Å². The summed E-state index contributed by atoms with van der Waals surface area (Å²) in [7, 11) is 0. The average Bonchev–Trinajstić information content (AvgIpc) is 2.79. The van der Waals surface area contributed by atoms with E-state index in [9.17, 15) is 4.79 Å². The Hall–Kier alpha value is -3.34. The van der Waals surface area contributed by atoms with E-state index in [2.05, 4.69) is 46.4 Å². The zero-order chi connectivity index (χ0) is 20.1. The van der Waals surface area contributed by atoms with Crippen molar-refractivity contribution >= 4 is 17.4 Å². The molecule has 0 bridgehead atoms. The van der Waals surface area contributed by atoms with Crippen molar-refractivity contribution in [3.05, 3.63) is 89.6 Å². The molecule has 1 aliphatic rings. The minimum Gasteiger partial charge on any atom is -0.368 e. The molecule has 5 heteroatoms. The van der Waals surface area contributed by atoms with E-state index in [0.29, 0.717) is 12.1 Å². The summed E-state index contributed by atoms with van der Waals surface area (Å²) in [6.45, 7) is 5.96. The van der Waals surface area contributed by atoms with Gasteiger partial charge in [0.1, 0.15) is 5.82 Å². The van der Waals surface area contributed by atoms with Crippen LogP contribution < -0.4 is 10.2 Å². The molecule has 1 N–H and O–H groups in total. The van der Waals surface area contributed by atoms with Gasteiger partial charge in [0.25, 0.3) is 5.91 Å². The van der Waals surface area contributed by atoms with Gasteiger partial charge in [0.15, 0.2) is 0 Å². The molecule has 0 spiro atoms. The van der Waals surface area contributed by atoms with Crippen molar-refractivity contribution in [3.63, 3.8) is 0 Å². The van der Waals surface area contributed by atoms with Crippen LogP contribution in [0.4, 0.5) is 11.5 Å². The zero-order valence-electron chi connectivity index (χ0n) is 16.7. The summed E-state index contributed by atoms with van der Waals surface area (Å²) >= 11 is 0. The van der Waals surface area contributed by atoms with Crippen LogP contribution in [-0.2, 0) is 6.54 Å². The third-order valence-corrected chi connectivity index (χ3v) is 5.42. The number of carbonyl (C=O) groups is 1. The van der Waals surface area contributed by atoms with E-state index in [1.54, 1.807) is 6.20 Å². The molecule has 1 fully saturated rings. The SMILES string of the molecule is Cc1ccccc1CNc1ccc(C(=O)N2CCN(c3ccccc3)CC2)cn1. The summed E-state index contributed by atoms with van der Waals surface area (Å²) in [6.07, 6.45) is 1.67. The average molecular weight is 386 g/mol. The Morgan fingerprint density at radius 2 is 1.66 bits per heavy atom. The van der Waals surface area contributed by atoms with E-state index in [4.69, 9.17) is 0 Å². The van der Waals surface area contributed by atoms with Crippen LogP contribution in [0.25, 0.3) is 0 Å². The number of amides is 1. The topological polar surface area (TPSA) is 48.5 Å². The normalized spacial score (nSPS) is 14.0. The molecule has 2 aromatic carbocycles. The van der Waals surface area contributed by atoms with E-state index < -0.39 is 0 Å². The van der Waals surface area contributed by atoms with Crippen molar-refractivity contribution in [3.8, 4) is 0 Å². The molecule has 2 heterocycles. The van der Waals surface area contributed by atoms with Gasteiger partial charge in [-0.2, -0.15) is 0 Å². The Morgan fingerprint density at radius 3 is 2.34 bits per heavy atom. The van der Waals surface area contributed by atoms with E-state index in [1.165, 1.54) is 16.8 Å². The Bertz CT molecular complexity index is 948. The second kappa shape index (κ2) is 8.78. The number of aromatic nitrogens is 1. The van der Waals surface area contributed by atoms with E-state index in [1.807, 2.05) is 47.4 Å². The second-order valence-corrected chi connectivity index (χ2v) is 7.33. The summed E-state index contributed by atoms with van der Waals surface area (Å²) in [5.41, 5.74) is 4.34.